The lowest BCUT2D eigenvalue weighted by Crippen LogP contribution is -2.52. The van der Waals surface area contributed by atoms with Crippen molar-refractivity contribution in [3.8, 4) is 11.5 Å². The van der Waals surface area contributed by atoms with Gasteiger partial charge in [-0.15, -0.1) is 0 Å². The minimum absolute atomic E-state index is 0.160. The second-order valence-corrected chi connectivity index (χ2v) is 11.1. The van der Waals surface area contributed by atoms with Crippen LogP contribution in [0.25, 0.3) is 0 Å². The maximum absolute atomic E-state index is 14.9. The number of amides is 1. The van der Waals surface area contributed by atoms with E-state index in [1.54, 1.807) is 4.90 Å². The number of ether oxygens (including phenoxy) is 2. The quantitative estimate of drug-likeness (QED) is 0.407. The molecule has 8 nitrogen and oxygen atoms in total. The molecule has 0 bridgehead atoms. The van der Waals surface area contributed by atoms with Gasteiger partial charge in [-0.1, -0.05) is 29.8 Å². The van der Waals surface area contributed by atoms with E-state index < -0.39 is 28.3 Å². The topological polar surface area (TPSA) is 79.4 Å². The van der Waals surface area contributed by atoms with Gasteiger partial charge in [-0.05, 0) is 48.9 Å². The van der Waals surface area contributed by atoms with Crippen molar-refractivity contribution in [2.24, 2.45) is 0 Å². The van der Waals surface area contributed by atoms with Gasteiger partial charge in [0.15, 0.2) is 11.5 Å². The molecule has 0 N–H and O–H groups in total. The average Bonchev–Trinajstić information content (AvgIpc) is 2.93. The minimum Gasteiger partial charge on any atom is -0.493 e. The van der Waals surface area contributed by atoms with Crippen LogP contribution in [0.1, 0.15) is 5.56 Å². The second kappa shape index (κ2) is 11.5. The lowest BCUT2D eigenvalue weighted by Gasteiger charge is -2.37. The van der Waals surface area contributed by atoms with Crippen LogP contribution in [0.5, 0.6) is 11.5 Å². The maximum atomic E-state index is 14.9. The van der Waals surface area contributed by atoms with Gasteiger partial charge in [0, 0.05) is 43.0 Å². The highest BCUT2D eigenvalue weighted by Gasteiger charge is 2.32. The Hall–Kier alpha value is -3.50. The number of benzene rings is 3. The zero-order chi connectivity index (χ0) is 27.4. The lowest BCUT2D eigenvalue weighted by atomic mass is 10.1. The lowest BCUT2D eigenvalue weighted by molar-refractivity contribution is -0.129. The Morgan fingerprint density at radius 3 is 2.32 bits per heavy atom. The van der Waals surface area contributed by atoms with Crippen LogP contribution >= 0.6 is 11.6 Å². The number of sulfonamides is 1. The standard InChI is InChI=1S/C27H29ClFN3O5S/c1-19-8-9-20(28)16-24(19)30-12-14-31(15-13-30)27(33)18-32(23-7-5-4-6-22(23)29)38(34,35)21-10-11-25(36-2)26(17-21)37-3/h4-11,16-17H,12-15,18H2,1-3H3. The van der Waals surface area contributed by atoms with Crippen molar-refractivity contribution in [3.63, 3.8) is 0 Å². The summed E-state index contributed by atoms with van der Waals surface area (Å²) in [7, 11) is -1.53. The molecule has 1 aliphatic heterocycles. The number of nitrogens with zero attached hydrogens (tertiary/aromatic N) is 3. The summed E-state index contributed by atoms with van der Waals surface area (Å²) in [6, 6.07) is 15.2. The number of hydrogen-bond donors (Lipinski definition) is 0. The zero-order valence-corrected chi connectivity index (χ0v) is 22.9. The molecule has 1 saturated heterocycles. The fraction of sp³-hybridized carbons (Fsp3) is 0.296. The number of methoxy groups -OCH3 is 2. The van der Waals surface area contributed by atoms with E-state index in [1.165, 1.54) is 50.6 Å². The average molecular weight is 562 g/mol. The van der Waals surface area contributed by atoms with Crippen LogP contribution in [0.2, 0.25) is 5.02 Å². The first-order valence-electron chi connectivity index (χ1n) is 11.9. The Bertz CT molecular complexity index is 1430. The highest BCUT2D eigenvalue weighted by atomic mass is 35.5. The number of carbonyl (C=O) groups is 1. The van der Waals surface area contributed by atoms with Crippen LogP contribution in [0, 0.1) is 12.7 Å². The van der Waals surface area contributed by atoms with Crippen molar-refractivity contribution >= 4 is 38.9 Å². The largest absolute Gasteiger partial charge is 0.493 e. The molecule has 3 aromatic rings. The van der Waals surface area contributed by atoms with Crippen molar-refractivity contribution in [3.05, 3.63) is 77.1 Å². The van der Waals surface area contributed by atoms with E-state index in [4.69, 9.17) is 21.1 Å². The highest BCUT2D eigenvalue weighted by molar-refractivity contribution is 7.92. The summed E-state index contributed by atoms with van der Waals surface area (Å²) in [5, 5.41) is 0.630. The Labute approximate surface area is 227 Å². The molecule has 202 valence electrons. The molecule has 1 heterocycles. The van der Waals surface area contributed by atoms with Gasteiger partial charge < -0.3 is 19.3 Å². The van der Waals surface area contributed by atoms with E-state index >= 15 is 0 Å². The number of piperazine rings is 1. The van der Waals surface area contributed by atoms with Crippen LogP contribution in [0.3, 0.4) is 0 Å². The highest BCUT2D eigenvalue weighted by Crippen LogP contribution is 2.33. The Morgan fingerprint density at radius 2 is 1.66 bits per heavy atom. The van der Waals surface area contributed by atoms with Gasteiger partial charge in [0.05, 0.1) is 24.8 Å². The smallest absolute Gasteiger partial charge is 0.265 e. The third-order valence-electron chi connectivity index (χ3n) is 6.49. The number of aryl methyl sites for hydroxylation is 1. The Morgan fingerprint density at radius 1 is 0.974 bits per heavy atom. The summed E-state index contributed by atoms with van der Waals surface area (Å²) >= 11 is 6.17. The number of anilines is 2. The second-order valence-electron chi connectivity index (χ2n) is 8.78. The molecular formula is C27H29ClFN3O5S. The van der Waals surface area contributed by atoms with E-state index in [1.807, 2.05) is 25.1 Å². The van der Waals surface area contributed by atoms with Crippen LogP contribution in [-0.2, 0) is 14.8 Å². The normalized spacial score (nSPS) is 13.8. The molecule has 3 aromatic carbocycles. The van der Waals surface area contributed by atoms with Crippen molar-refractivity contribution in [1.29, 1.82) is 0 Å². The molecule has 0 atom stereocenters. The molecule has 1 fully saturated rings. The van der Waals surface area contributed by atoms with Gasteiger partial charge in [0.25, 0.3) is 10.0 Å². The summed E-state index contributed by atoms with van der Waals surface area (Å²) < 4.78 is 53.6. The number of carbonyl (C=O) groups excluding carboxylic acids is 1. The molecule has 0 aliphatic carbocycles. The van der Waals surface area contributed by atoms with Gasteiger partial charge in [-0.25, -0.2) is 12.8 Å². The number of para-hydroxylation sites is 1. The fourth-order valence-corrected chi connectivity index (χ4v) is 6.00. The molecular weight excluding hydrogens is 533 g/mol. The maximum Gasteiger partial charge on any atom is 0.265 e. The molecule has 0 aromatic heterocycles. The first-order chi connectivity index (χ1) is 18.1. The van der Waals surface area contributed by atoms with E-state index in [2.05, 4.69) is 4.90 Å². The monoisotopic (exact) mass is 561 g/mol. The minimum atomic E-state index is -4.35. The fourth-order valence-electron chi connectivity index (χ4n) is 4.40. The van der Waals surface area contributed by atoms with Gasteiger partial charge in [0.2, 0.25) is 5.91 Å². The van der Waals surface area contributed by atoms with Gasteiger partial charge in [-0.2, -0.15) is 0 Å². The molecule has 0 unspecified atom stereocenters. The van der Waals surface area contributed by atoms with Crippen LogP contribution < -0.4 is 18.7 Å². The third-order valence-corrected chi connectivity index (χ3v) is 8.48. The van der Waals surface area contributed by atoms with Crippen molar-refractivity contribution in [1.82, 2.24) is 4.90 Å². The number of hydrogen-bond acceptors (Lipinski definition) is 6. The molecule has 1 amide bonds. The molecule has 0 spiro atoms. The van der Waals surface area contributed by atoms with Gasteiger partial charge in [-0.3, -0.25) is 9.10 Å². The Kier molecular flexibility index (Phi) is 8.32. The SMILES string of the molecule is COc1ccc(S(=O)(=O)N(CC(=O)N2CCN(c3cc(Cl)ccc3C)CC2)c2ccccc2F)cc1OC. The van der Waals surface area contributed by atoms with Crippen LogP contribution in [-0.4, -0.2) is 66.2 Å². The first-order valence-corrected chi connectivity index (χ1v) is 13.8. The number of halogens is 2. The molecule has 11 heteroatoms. The summed E-state index contributed by atoms with van der Waals surface area (Å²) in [5.74, 6) is -0.654. The summed E-state index contributed by atoms with van der Waals surface area (Å²) in [6.45, 7) is 3.30. The van der Waals surface area contributed by atoms with Gasteiger partial charge in [0.1, 0.15) is 12.4 Å². The van der Waals surface area contributed by atoms with Gasteiger partial charge >= 0.3 is 0 Å². The summed E-state index contributed by atoms with van der Waals surface area (Å²) in [6.07, 6.45) is 0. The van der Waals surface area contributed by atoms with Crippen molar-refractivity contribution < 1.29 is 27.1 Å². The van der Waals surface area contributed by atoms with E-state index in [0.717, 1.165) is 21.6 Å². The third kappa shape index (κ3) is 5.66. The van der Waals surface area contributed by atoms with E-state index in [0.29, 0.717) is 37.0 Å². The molecule has 1 aliphatic rings. The molecule has 0 radical (unpaired) electrons. The van der Waals surface area contributed by atoms with Crippen LogP contribution in [0.15, 0.2) is 65.6 Å². The Balaban J connectivity index is 1.59. The zero-order valence-electron chi connectivity index (χ0n) is 21.4. The van der Waals surface area contributed by atoms with Crippen molar-refractivity contribution in [2.45, 2.75) is 11.8 Å². The first kappa shape index (κ1) is 27.5. The summed E-state index contributed by atoms with van der Waals surface area (Å²) in [4.78, 5) is 16.9. The van der Waals surface area contributed by atoms with Crippen LogP contribution in [0.4, 0.5) is 15.8 Å². The predicted octanol–water partition coefficient (Wildman–Crippen LogP) is 4.35. The van der Waals surface area contributed by atoms with E-state index in [-0.39, 0.29) is 16.3 Å². The molecule has 4 rings (SSSR count). The molecule has 38 heavy (non-hydrogen) atoms. The van der Waals surface area contributed by atoms with E-state index in [9.17, 15) is 17.6 Å². The summed E-state index contributed by atoms with van der Waals surface area (Å²) in [5.41, 5.74) is 1.85. The predicted molar refractivity (Wildman–Crippen MR) is 145 cm³/mol. The van der Waals surface area contributed by atoms with Crippen molar-refractivity contribution in [2.75, 3.05) is 56.1 Å². The number of rotatable bonds is 8. The molecule has 0 saturated carbocycles.